The Morgan fingerprint density at radius 1 is 0.795 bits per heavy atom. The van der Waals surface area contributed by atoms with Gasteiger partial charge in [-0.25, -0.2) is 14.2 Å². The van der Waals surface area contributed by atoms with Gasteiger partial charge in [0.05, 0.1) is 16.5 Å². The Morgan fingerprint density at radius 3 is 1.87 bits per heavy atom. The zero-order valence-corrected chi connectivity index (χ0v) is 20.6. The molecule has 0 unspecified atom stereocenters. The molecule has 1 saturated carbocycles. The number of carbonyl (C=O) groups is 1. The van der Waals surface area contributed by atoms with E-state index in [-0.39, 0.29) is 24.1 Å². The van der Waals surface area contributed by atoms with Gasteiger partial charge in [0.2, 0.25) is 0 Å². The number of nitrogens with zero attached hydrogens (tertiary/aromatic N) is 1. The molecule has 0 spiro atoms. The van der Waals surface area contributed by atoms with E-state index in [1.165, 1.54) is 12.1 Å². The van der Waals surface area contributed by atoms with E-state index in [9.17, 15) is 35.5 Å². The number of alkyl halides is 6. The van der Waals surface area contributed by atoms with Gasteiger partial charge in [-0.2, -0.15) is 26.3 Å². The van der Waals surface area contributed by atoms with E-state index in [1.54, 1.807) is 30.3 Å². The van der Waals surface area contributed by atoms with Crippen LogP contribution in [-0.4, -0.2) is 18.3 Å². The molecule has 2 amide bonds. The molecule has 1 N–H and O–H groups in total. The van der Waals surface area contributed by atoms with Gasteiger partial charge in [-0.15, -0.1) is 0 Å². The quantitative estimate of drug-likeness (QED) is 0.245. The molecule has 3 aromatic carbocycles. The molecule has 1 aliphatic carbocycles. The lowest BCUT2D eigenvalue weighted by Crippen LogP contribution is -2.36. The number of urea groups is 1. The van der Waals surface area contributed by atoms with Gasteiger partial charge in [0.15, 0.2) is 0 Å². The van der Waals surface area contributed by atoms with E-state index < -0.39 is 46.3 Å². The number of hydrogen-bond donors (Lipinski definition) is 1. The van der Waals surface area contributed by atoms with E-state index in [2.05, 4.69) is 10.3 Å². The van der Waals surface area contributed by atoms with Crippen LogP contribution >= 0.6 is 0 Å². The first-order chi connectivity index (χ1) is 18.4. The van der Waals surface area contributed by atoms with Crippen molar-refractivity contribution < 1.29 is 35.5 Å². The normalized spacial score (nSPS) is 16.4. The minimum Gasteiger partial charge on any atom is -0.334 e. The smallest absolute Gasteiger partial charge is 0.334 e. The van der Waals surface area contributed by atoms with Crippen LogP contribution in [0, 0.1) is 5.82 Å². The Hall–Kier alpha value is -3.69. The molecular weight excluding hydrogens is 525 g/mol. The Balaban J connectivity index is 1.96. The summed E-state index contributed by atoms with van der Waals surface area (Å²) in [6.45, 7) is 0. The highest BCUT2D eigenvalue weighted by Gasteiger charge is 2.41. The average Bonchev–Trinajstić information content (AvgIpc) is 3.39. The Labute approximate surface area is 220 Å². The molecule has 3 nitrogen and oxygen atoms in total. The maximum absolute atomic E-state index is 13.9. The molecule has 206 valence electrons. The minimum absolute atomic E-state index is 0.0470. The molecule has 0 heterocycles. The van der Waals surface area contributed by atoms with Gasteiger partial charge in [-0.3, -0.25) is 0 Å². The SMILES string of the molecule is O=C(/N=C/[C@@](Cc1ccccc1)(c1ccc(F)cc1)c1cc(C(F)(F)F)cc(C(F)(F)F)c1)NC1CCCC1. The Morgan fingerprint density at radius 2 is 1.33 bits per heavy atom. The highest BCUT2D eigenvalue weighted by atomic mass is 19.4. The second kappa shape index (κ2) is 11.2. The van der Waals surface area contributed by atoms with Crippen LogP contribution in [0.25, 0.3) is 0 Å². The third kappa shape index (κ3) is 6.85. The highest BCUT2D eigenvalue weighted by Crippen LogP contribution is 2.42. The van der Waals surface area contributed by atoms with Crippen LogP contribution in [0.4, 0.5) is 35.5 Å². The van der Waals surface area contributed by atoms with Crippen molar-refractivity contribution in [3.63, 3.8) is 0 Å². The van der Waals surface area contributed by atoms with E-state index in [0.717, 1.165) is 44.0 Å². The summed E-state index contributed by atoms with van der Waals surface area (Å²) in [4.78, 5) is 16.7. The van der Waals surface area contributed by atoms with Gasteiger partial charge in [-0.1, -0.05) is 55.3 Å². The van der Waals surface area contributed by atoms with Gasteiger partial charge < -0.3 is 5.32 Å². The lowest BCUT2D eigenvalue weighted by atomic mass is 9.70. The molecule has 0 aliphatic heterocycles. The summed E-state index contributed by atoms with van der Waals surface area (Å²) in [6.07, 6.45) is -5.92. The summed E-state index contributed by atoms with van der Waals surface area (Å²) in [5.41, 5.74) is -4.47. The molecule has 4 rings (SSSR count). The van der Waals surface area contributed by atoms with Gasteiger partial charge in [0.1, 0.15) is 5.82 Å². The van der Waals surface area contributed by atoms with E-state index in [0.29, 0.717) is 17.7 Å². The van der Waals surface area contributed by atoms with E-state index >= 15 is 0 Å². The number of rotatable bonds is 6. The van der Waals surface area contributed by atoms with Crippen LogP contribution in [0.2, 0.25) is 0 Å². The number of amides is 2. The molecule has 10 heteroatoms. The maximum atomic E-state index is 13.9. The molecule has 3 aromatic rings. The topological polar surface area (TPSA) is 41.5 Å². The number of carbonyl (C=O) groups excluding carboxylic acids is 1. The first kappa shape index (κ1) is 28.3. The molecular formula is C29H25F7N2O. The van der Waals surface area contributed by atoms with Crippen molar-refractivity contribution in [2.24, 2.45) is 4.99 Å². The van der Waals surface area contributed by atoms with Gasteiger partial charge in [0, 0.05) is 12.3 Å². The molecule has 0 saturated heterocycles. The molecule has 0 aromatic heterocycles. The summed E-state index contributed by atoms with van der Waals surface area (Å²) in [5, 5.41) is 2.74. The monoisotopic (exact) mass is 550 g/mol. The second-order valence-electron chi connectivity index (χ2n) is 9.62. The molecule has 0 radical (unpaired) electrons. The fourth-order valence-corrected chi connectivity index (χ4v) is 4.89. The van der Waals surface area contributed by atoms with E-state index in [4.69, 9.17) is 0 Å². The summed E-state index contributed by atoms with van der Waals surface area (Å²) in [5.74, 6) is -0.650. The van der Waals surface area contributed by atoms with Crippen LogP contribution in [0.3, 0.4) is 0 Å². The zero-order chi connectivity index (χ0) is 28.3. The molecule has 1 aliphatic rings. The van der Waals surface area contributed by atoms with Crippen LogP contribution in [-0.2, 0) is 24.2 Å². The van der Waals surface area contributed by atoms with Crippen molar-refractivity contribution in [2.75, 3.05) is 0 Å². The summed E-state index contributed by atoms with van der Waals surface area (Å²) < 4.78 is 96.9. The Bertz CT molecular complexity index is 1280. The average molecular weight is 551 g/mol. The predicted molar refractivity (Wildman–Crippen MR) is 133 cm³/mol. The molecule has 1 atom stereocenters. The van der Waals surface area contributed by atoms with Gasteiger partial charge >= 0.3 is 18.4 Å². The standard InChI is InChI=1S/C29H25F7N2O/c30-24-12-10-20(11-13-24)27(17-19-6-2-1-3-7-19,18-37-26(39)38-25-8-4-5-9-25)21-14-22(28(31,32)33)16-23(15-21)29(34,35)36/h1-3,6-7,10-16,18,25H,4-5,8-9,17H2,(H,38,39)/b37-18+/t27-/m0/s1. The number of aliphatic imine (C=N–C) groups is 1. The Kier molecular flexibility index (Phi) is 8.13. The third-order valence-electron chi connectivity index (χ3n) is 6.87. The summed E-state index contributed by atoms with van der Waals surface area (Å²) in [7, 11) is 0. The van der Waals surface area contributed by atoms with Gasteiger partial charge in [-0.05, 0) is 66.3 Å². The van der Waals surface area contributed by atoms with Crippen molar-refractivity contribution >= 4 is 12.2 Å². The number of halogens is 7. The largest absolute Gasteiger partial charge is 0.416 e. The number of hydrogen-bond acceptors (Lipinski definition) is 1. The second-order valence-corrected chi connectivity index (χ2v) is 9.62. The van der Waals surface area contributed by atoms with Crippen LogP contribution in [0.5, 0.6) is 0 Å². The van der Waals surface area contributed by atoms with E-state index in [1.807, 2.05) is 0 Å². The fraction of sp³-hybridized carbons (Fsp3) is 0.310. The predicted octanol–water partition coefficient (Wildman–Crippen LogP) is 8.12. The number of nitrogens with one attached hydrogen (secondary N) is 1. The van der Waals surface area contributed by atoms with Crippen LogP contribution in [0.15, 0.2) is 77.8 Å². The summed E-state index contributed by atoms with van der Waals surface area (Å²) >= 11 is 0. The van der Waals surface area contributed by atoms with Crippen molar-refractivity contribution in [3.05, 3.63) is 106 Å². The molecule has 39 heavy (non-hydrogen) atoms. The van der Waals surface area contributed by atoms with Crippen molar-refractivity contribution in [1.29, 1.82) is 0 Å². The molecule has 0 bridgehead atoms. The van der Waals surface area contributed by atoms with Crippen LogP contribution in [0.1, 0.15) is 53.5 Å². The summed E-state index contributed by atoms with van der Waals surface area (Å²) in [6, 6.07) is 13.4. The third-order valence-corrected chi connectivity index (χ3v) is 6.87. The van der Waals surface area contributed by atoms with Crippen molar-refractivity contribution in [1.82, 2.24) is 5.32 Å². The van der Waals surface area contributed by atoms with Gasteiger partial charge in [0.25, 0.3) is 0 Å². The number of benzene rings is 3. The van der Waals surface area contributed by atoms with Crippen molar-refractivity contribution in [2.45, 2.75) is 55.9 Å². The lowest BCUT2D eigenvalue weighted by molar-refractivity contribution is -0.143. The maximum Gasteiger partial charge on any atom is 0.416 e. The van der Waals surface area contributed by atoms with Crippen LogP contribution < -0.4 is 5.32 Å². The first-order valence-electron chi connectivity index (χ1n) is 12.3. The first-order valence-corrected chi connectivity index (χ1v) is 12.3. The van der Waals surface area contributed by atoms with Crippen molar-refractivity contribution in [3.8, 4) is 0 Å². The molecule has 1 fully saturated rings. The lowest BCUT2D eigenvalue weighted by Gasteiger charge is -2.33. The fourth-order valence-electron chi connectivity index (χ4n) is 4.89. The highest BCUT2D eigenvalue weighted by molar-refractivity contribution is 5.90. The minimum atomic E-state index is -5.09. The zero-order valence-electron chi connectivity index (χ0n) is 20.6.